The minimum atomic E-state index is 0.0971. The molecule has 0 aromatic rings. The molecule has 1 aliphatic rings. The van der Waals surface area contributed by atoms with Crippen LogP contribution in [0.3, 0.4) is 0 Å². The van der Waals surface area contributed by atoms with Gasteiger partial charge in [0.1, 0.15) is 0 Å². The molecule has 1 amide bonds. The van der Waals surface area contributed by atoms with Crippen molar-refractivity contribution in [1.82, 2.24) is 16.0 Å². The zero-order valence-corrected chi connectivity index (χ0v) is 10.8. The van der Waals surface area contributed by atoms with Gasteiger partial charge in [0.25, 0.3) is 0 Å². The highest BCUT2D eigenvalue weighted by atomic mass is 16.5. The summed E-state index contributed by atoms with van der Waals surface area (Å²) < 4.78 is 4.86. The molecule has 5 heteroatoms. The van der Waals surface area contributed by atoms with Crippen LogP contribution in [0.1, 0.15) is 19.3 Å². The smallest absolute Gasteiger partial charge is 0.221 e. The van der Waals surface area contributed by atoms with Gasteiger partial charge in [-0.3, -0.25) is 4.79 Å². The lowest BCUT2D eigenvalue weighted by molar-refractivity contribution is -0.121. The Morgan fingerprint density at radius 3 is 2.82 bits per heavy atom. The van der Waals surface area contributed by atoms with E-state index in [0.29, 0.717) is 19.6 Å². The molecule has 5 nitrogen and oxygen atoms in total. The Balaban J connectivity index is 1.90. The molecule has 0 bridgehead atoms. The van der Waals surface area contributed by atoms with Crippen LogP contribution in [0, 0.1) is 5.92 Å². The lowest BCUT2D eigenvalue weighted by Gasteiger charge is -2.22. The van der Waals surface area contributed by atoms with Gasteiger partial charge < -0.3 is 20.7 Å². The van der Waals surface area contributed by atoms with E-state index in [-0.39, 0.29) is 5.91 Å². The van der Waals surface area contributed by atoms with Crippen molar-refractivity contribution in [3.05, 3.63) is 0 Å². The predicted molar refractivity (Wildman–Crippen MR) is 68.0 cm³/mol. The van der Waals surface area contributed by atoms with Gasteiger partial charge in [-0.15, -0.1) is 0 Å². The second-order valence-electron chi connectivity index (χ2n) is 4.49. The predicted octanol–water partition coefficient (Wildman–Crippen LogP) is -0.272. The molecular weight excluding hydrogens is 218 g/mol. The summed E-state index contributed by atoms with van der Waals surface area (Å²) in [7, 11) is 1.63. The number of carbonyl (C=O) groups excluding carboxylic acids is 1. The van der Waals surface area contributed by atoms with Crippen LogP contribution in [-0.4, -0.2) is 52.3 Å². The molecule has 17 heavy (non-hydrogen) atoms. The molecule has 1 fully saturated rings. The summed E-state index contributed by atoms with van der Waals surface area (Å²) in [6.07, 6.45) is 3.04. The molecule has 0 aromatic carbocycles. The fourth-order valence-corrected chi connectivity index (χ4v) is 1.97. The van der Waals surface area contributed by atoms with E-state index in [2.05, 4.69) is 16.0 Å². The van der Waals surface area contributed by atoms with Crippen LogP contribution in [0.25, 0.3) is 0 Å². The van der Waals surface area contributed by atoms with Gasteiger partial charge in [0.15, 0.2) is 0 Å². The molecule has 0 atom stereocenters. The highest BCUT2D eigenvalue weighted by Gasteiger charge is 2.12. The molecule has 1 rings (SSSR count). The summed E-state index contributed by atoms with van der Waals surface area (Å²) in [4.78, 5) is 11.4. The van der Waals surface area contributed by atoms with Gasteiger partial charge in [-0.25, -0.2) is 0 Å². The van der Waals surface area contributed by atoms with Crippen molar-refractivity contribution >= 4 is 5.91 Å². The third-order valence-corrected chi connectivity index (χ3v) is 3.05. The van der Waals surface area contributed by atoms with Gasteiger partial charge in [-0.1, -0.05) is 0 Å². The summed E-state index contributed by atoms with van der Waals surface area (Å²) in [5.41, 5.74) is 0. The molecule has 0 aliphatic carbocycles. The van der Waals surface area contributed by atoms with E-state index < -0.39 is 0 Å². The number of nitrogens with one attached hydrogen (secondary N) is 3. The Kier molecular flexibility index (Phi) is 7.96. The molecule has 3 N–H and O–H groups in total. The second kappa shape index (κ2) is 9.39. The van der Waals surface area contributed by atoms with E-state index in [9.17, 15) is 4.79 Å². The summed E-state index contributed by atoms with van der Waals surface area (Å²) in [5, 5.41) is 9.51. The van der Waals surface area contributed by atoms with Gasteiger partial charge in [0.2, 0.25) is 5.91 Å². The van der Waals surface area contributed by atoms with Crippen LogP contribution in [-0.2, 0) is 9.53 Å². The Morgan fingerprint density at radius 1 is 1.35 bits per heavy atom. The zero-order chi connectivity index (χ0) is 12.3. The highest BCUT2D eigenvalue weighted by molar-refractivity contribution is 5.75. The first-order valence-corrected chi connectivity index (χ1v) is 6.50. The van der Waals surface area contributed by atoms with Crippen LogP contribution in [0.15, 0.2) is 0 Å². The number of carbonyl (C=O) groups is 1. The minimum absolute atomic E-state index is 0.0971. The zero-order valence-electron chi connectivity index (χ0n) is 10.8. The van der Waals surface area contributed by atoms with Crippen molar-refractivity contribution < 1.29 is 9.53 Å². The number of piperidine rings is 1. The van der Waals surface area contributed by atoms with Crippen molar-refractivity contribution in [2.24, 2.45) is 5.92 Å². The summed E-state index contributed by atoms with van der Waals surface area (Å²) in [6.45, 7) is 5.24. The van der Waals surface area contributed by atoms with E-state index >= 15 is 0 Å². The van der Waals surface area contributed by atoms with Gasteiger partial charge >= 0.3 is 0 Å². The van der Waals surface area contributed by atoms with Crippen molar-refractivity contribution in [2.45, 2.75) is 19.3 Å². The first kappa shape index (κ1) is 14.4. The average molecular weight is 243 g/mol. The SMILES string of the molecule is COCCNC(=O)CCNCC1CCNCC1. The van der Waals surface area contributed by atoms with Gasteiger partial charge in [0.05, 0.1) is 6.61 Å². The van der Waals surface area contributed by atoms with Crippen LogP contribution < -0.4 is 16.0 Å². The molecular formula is C12H25N3O2. The maximum absolute atomic E-state index is 11.4. The monoisotopic (exact) mass is 243 g/mol. The number of amides is 1. The molecule has 1 aliphatic heterocycles. The molecule has 0 unspecified atom stereocenters. The lowest BCUT2D eigenvalue weighted by Crippen LogP contribution is -2.35. The van der Waals surface area contributed by atoms with Gasteiger partial charge in [0, 0.05) is 26.6 Å². The Bertz CT molecular complexity index is 206. The summed E-state index contributed by atoms with van der Waals surface area (Å²) in [6, 6.07) is 0. The fourth-order valence-electron chi connectivity index (χ4n) is 1.97. The van der Waals surface area contributed by atoms with Crippen molar-refractivity contribution in [2.75, 3.05) is 46.4 Å². The van der Waals surface area contributed by atoms with E-state index in [1.54, 1.807) is 7.11 Å². The van der Waals surface area contributed by atoms with Gasteiger partial charge in [-0.05, 0) is 38.4 Å². The quantitative estimate of drug-likeness (QED) is 0.514. The normalized spacial score (nSPS) is 17.0. The minimum Gasteiger partial charge on any atom is -0.383 e. The Labute approximate surface area is 104 Å². The largest absolute Gasteiger partial charge is 0.383 e. The number of hydrogen-bond donors (Lipinski definition) is 3. The third-order valence-electron chi connectivity index (χ3n) is 3.05. The van der Waals surface area contributed by atoms with Crippen LogP contribution >= 0.6 is 0 Å². The van der Waals surface area contributed by atoms with E-state index in [0.717, 1.165) is 32.1 Å². The molecule has 1 saturated heterocycles. The van der Waals surface area contributed by atoms with Gasteiger partial charge in [-0.2, -0.15) is 0 Å². The van der Waals surface area contributed by atoms with E-state index in [1.807, 2.05) is 0 Å². The lowest BCUT2D eigenvalue weighted by atomic mass is 9.98. The van der Waals surface area contributed by atoms with Crippen LogP contribution in [0.5, 0.6) is 0 Å². The first-order chi connectivity index (χ1) is 8.33. The van der Waals surface area contributed by atoms with Crippen molar-refractivity contribution in [1.29, 1.82) is 0 Å². The van der Waals surface area contributed by atoms with Crippen LogP contribution in [0.4, 0.5) is 0 Å². The number of ether oxygens (including phenoxy) is 1. The van der Waals surface area contributed by atoms with Crippen molar-refractivity contribution in [3.63, 3.8) is 0 Å². The molecule has 0 aromatic heterocycles. The average Bonchev–Trinajstić information content (AvgIpc) is 2.36. The molecule has 0 saturated carbocycles. The maximum Gasteiger partial charge on any atom is 0.221 e. The Hall–Kier alpha value is -0.650. The summed E-state index contributed by atoms with van der Waals surface area (Å²) in [5.74, 6) is 0.868. The number of methoxy groups -OCH3 is 1. The Morgan fingerprint density at radius 2 is 2.12 bits per heavy atom. The molecule has 1 heterocycles. The fraction of sp³-hybridized carbons (Fsp3) is 0.917. The molecule has 0 spiro atoms. The standard InChI is InChI=1S/C12H25N3O2/c1-17-9-8-15-12(16)4-7-14-10-11-2-5-13-6-3-11/h11,13-14H,2-10H2,1H3,(H,15,16). The van der Waals surface area contributed by atoms with Crippen LogP contribution in [0.2, 0.25) is 0 Å². The molecule has 0 radical (unpaired) electrons. The first-order valence-electron chi connectivity index (χ1n) is 6.50. The summed E-state index contributed by atoms with van der Waals surface area (Å²) >= 11 is 0. The maximum atomic E-state index is 11.4. The van der Waals surface area contributed by atoms with E-state index in [4.69, 9.17) is 4.74 Å². The number of hydrogen-bond acceptors (Lipinski definition) is 4. The highest BCUT2D eigenvalue weighted by Crippen LogP contribution is 2.09. The molecule has 100 valence electrons. The van der Waals surface area contributed by atoms with E-state index in [1.165, 1.54) is 12.8 Å². The second-order valence-corrected chi connectivity index (χ2v) is 4.49. The number of rotatable bonds is 8. The van der Waals surface area contributed by atoms with Crippen molar-refractivity contribution in [3.8, 4) is 0 Å². The third kappa shape index (κ3) is 7.31. The topological polar surface area (TPSA) is 62.4 Å².